The third-order valence-corrected chi connectivity index (χ3v) is 8.06. The van der Waals surface area contributed by atoms with Gasteiger partial charge in [0.1, 0.15) is 0 Å². The second kappa shape index (κ2) is 7.45. The van der Waals surface area contributed by atoms with Gasteiger partial charge in [-0.15, -0.1) is 0 Å². The minimum Gasteiger partial charge on any atom is -0.319 e. The van der Waals surface area contributed by atoms with Crippen LogP contribution in [-0.2, 0) is 19.9 Å². The van der Waals surface area contributed by atoms with Gasteiger partial charge in [0, 0.05) is 12.6 Å². The van der Waals surface area contributed by atoms with E-state index in [0.717, 1.165) is 10.6 Å². The molecule has 0 bridgehead atoms. The van der Waals surface area contributed by atoms with Gasteiger partial charge in [-0.25, -0.2) is 16.8 Å². The number of hydrogen-bond donors (Lipinski definition) is 1. The van der Waals surface area contributed by atoms with Crippen LogP contribution < -0.4 is 9.62 Å². The van der Waals surface area contributed by atoms with Crippen molar-refractivity contribution in [2.45, 2.75) is 26.3 Å². The van der Waals surface area contributed by atoms with E-state index >= 15 is 0 Å². The average Bonchev–Trinajstić information content (AvgIpc) is 3.13. The lowest BCUT2D eigenvalue weighted by molar-refractivity contribution is 0.102. The van der Waals surface area contributed by atoms with E-state index in [2.05, 4.69) is 10.4 Å². The van der Waals surface area contributed by atoms with Crippen LogP contribution in [0.3, 0.4) is 0 Å². The lowest BCUT2D eigenvalue weighted by Crippen LogP contribution is -2.24. The van der Waals surface area contributed by atoms with E-state index in [-0.39, 0.29) is 23.5 Å². The summed E-state index contributed by atoms with van der Waals surface area (Å²) in [6.45, 7) is 3.55. The van der Waals surface area contributed by atoms with Crippen molar-refractivity contribution in [3.8, 4) is 0 Å². The van der Waals surface area contributed by atoms with Gasteiger partial charge in [-0.1, -0.05) is 0 Å². The van der Waals surface area contributed by atoms with Crippen molar-refractivity contribution in [3.63, 3.8) is 0 Å². The van der Waals surface area contributed by atoms with Crippen LogP contribution >= 0.6 is 0 Å². The molecule has 0 aliphatic carbocycles. The first-order valence-corrected chi connectivity index (χ1v) is 12.7. The van der Waals surface area contributed by atoms with E-state index in [9.17, 15) is 21.6 Å². The third-order valence-electron chi connectivity index (χ3n) is 5.11. The molecule has 2 aromatic rings. The fraction of sp³-hybridized carbons (Fsp3) is 0.444. The second-order valence-electron chi connectivity index (χ2n) is 7.28. The molecule has 11 heteroatoms. The van der Waals surface area contributed by atoms with Crippen LogP contribution in [0.25, 0.3) is 0 Å². The van der Waals surface area contributed by atoms with E-state index in [1.807, 2.05) is 0 Å². The maximum absolute atomic E-state index is 12.7. The van der Waals surface area contributed by atoms with Gasteiger partial charge in [-0.3, -0.25) is 13.8 Å². The number of amides is 1. The smallest absolute Gasteiger partial charge is 0.255 e. The van der Waals surface area contributed by atoms with Crippen LogP contribution in [-0.4, -0.2) is 57.3 Å². The zero-order valence-electron chi connectivity index (χ0n) is 16.7. The molecule has 2 heterocycles. The van der Waals surface area contributed by atoms with Crippen molar-refractivity contribution in [2.24, 2.45) is 0 Å². The fourth-order valence-electron chi connectivity index (χ4n) is 3.37. The Hall–Kier alpha value is -2.40. The highest BCUT2D eigenvalue weighted by molar-refractivity contribution is 7.92. The number of sulfone groups is 1. The average molecular weight is 441 g/mol. The van der Waals surface area contributed by atoms with Crippen molar-refractivity contribution >= 4 is 37.1 Å². The molecule has 1 saturated heterocycles. The van der Waals surface area contributed by atoms with Crippen molar-refractivity contribution < 1.29 is 21.6 Å². The van der Waals surface area contributed by atoms with Gasteiger partial charge in [-0.2, -0.15) is 5.10 Å². The molecule has 1 aliphatic rings. The van der Waals surface area contributed by atoms with Gasteiger partial charge in [0.15, 0.2) is 9.84 Å². The van der Waals surface area contributed by atoms with Gasteiger partial charge in [0.2, 0.25) is 10.0 Å². The lowest BCUT2D eigenvalue weighted by Gasteiger charge is -2.16. The van der Waals surface area contributed by atoms with Crippen molar-refractivity contribution in [1.29, 1.82) is 0 Å². The number of hydrogen-bond acceptors (Lipinski definition) is 6. The van der Waals surface area contributed by atoms with E-state index in [1.54, 1.807) is 42.8 Å². The number of anilines is 2. The monoisotopic (exact) mass is 440 g/mol. The first kappa shape index (κ1) is 21.3. The van der Waals surface area contributed by atoms with Crippen LogP contribution in [0.4, 0.5) is 11.4 Å². The van der Waals surface area contributed by atoms with Gasteiger partial charge in [0.25, 0.3) is 5.91 Å². The largest absolute Gasteiger partial charge is 0.319 e. The molecule has 1 atom stereocenters. The number of nitrogens with one attached hydrogen (secondary N) is 1. The van der Waals surface area contributed by atoms with Gasteiger partial charge < -0.3 is 5.32 Å². The molecule has 0 saturated carbocycles. The van der Waals surface area contributed by atoms with Crippen molar-refractivity contribution in [3.05, 3.63) is 41.2 Å². The molecule has 9 nitrogen and oxygen atoms in total. The zero-order valence-corrected chi connectivity index (χ0v) is 18.3. The molecule has 29 heavy (non-hydrogen) atoms. The van der Waals surface area contributed by atoms with Crippen molar-refractivity contribution in [1.82, 2.24) is 9.78 Å². The second-order valence-corrected chi connectivity index (χ2v) is 11.5. The fourth-order valence-corrected chi connectivity index (χ4v) is 5.56. The summed E-state index contributed by atoms with van der Waals surface area (Å²) in [6, 6.07) is 5.98. The summed E-state index contributed by atoms with van der Waals surface area (Å²) in [5.74, 6) is -0.160. The Balaban J connectivity index is 1.79. The highest BCUT2D eigenvalue weighted by Crippen LogP contribution is 2.29. The van der Waals surface area contributed by atoms with E-state index in [1.165, 1.54) is 7.05 Å². The number of aromatic nitrogens is 2. The summed E-state index contributed by atoms with van der Waals surface area (Å²) in [6.07, 6.45) is 1.61. The Morgan fingerprint density at radius 1 is 1.24 bits per heavy atom. The maximum Gasteiger partial charge on any atom is 0.255 e. The summed E-state index contributed by atoms with van der Waals surface area (Å²) < 4.78 is 49.6. The molecule has 1 aromatic heterocycles. The Morgan fingerprint density at radius 3 is 2.38 bits per heavy atom. The summed E-state index contributed by atoms with van der Waals surface area (Å²) in [5, 5.41) is 7.27. The Kier molecular flexibility index (Phi) is 5.48. The predicted octanol–water partition coefficient (Wildman–Crippen LogP) is 1.51. The number of sulfonamides is 1. The normalized spacial score (nSPS) is 18.6. The molecule has 1 amide bonds. The molecular weight excluding hydrogens is 416 g/mol. The maximum atomic E-state index is 12.7. The first-order chi connectivity index (χ1) is 13.4. The SMILES string of the molecule is Cc1nn(C2CCS(=O)(=O)C2)c(C)c1NC(=O)c1ccc(N(C)S(C)(=O)=O)cc1. The first-order valence-electron chi connectivity index (χ1n) is 9.00. The van der Waals surface area contributed by atoms with E-state index in [4.69, 9.17) is 0 Å². The number of aryl methyl sites for hydroxylation is 1. The number of rotatable bonds is 5. The molecule has 3 rings (SSSR count). The van der Waals surface area contributed by atoms with Gasteiger partial charge in [-0.05, 0) is 44.5 Å². The standard InChI is InChI=1S/C18H24N4O5S2/c1-12-17(13(2)22(20-12)16-9-10-29(26,27)11-16)19-18(23)14-5-7-15(8-6-14)21(3)28(4,24)25/h5-8,16H,9-11H2,1-4H3,(H,19,23). The van der Waals surface area contributed by atoms with Crippen LogP contribution in [0.2, 0.25) is 0 Å². The minimum absolute atomic E-state index is 0.0532. The van der Waals surface area contributed by atoms with Crippen LogP contribution in [0.1, 0.15) is 34.2 Å². The molecule has 1 aliphatic heterocycles. The van der Waals surface area contributed by atoms with Gasteiger partial charge in [0.05, 0.1) is 46.6 Å². The summed E-state index contributed by atoms with van der Waals surface area (Å²) in [5.41, 5.74) is 2.67. The number of carbonyl (C=O) groups excluding carboxylic acids is 1. The highest BCUT2D eigenvalue weighted by Gasteiger charge is 2.31. The molecule has 1 unspecified atom stereocenters. The number of nitrogens with zero attached hydrogens (tertiary/aromatic N) is 3. The van der Waals surface area contributed by atoms with Crippen LogP contribution in [0, 0.1) is 13.8 Å². The molecular formula is C18H24N4O5S2. The Bertz CT molecular complexity index is 1150. The predicted molar refractivity (Wildman–Crippen MR) is 112 cm³/mol. The summed E-state index contributed by atoms with van der Waals surface area (Å²) in [4.78, 5) is 12.7. The third kappa shape index (κ3) is 4.45. The highest BCUT2D eigenvalue weighted by atomic mass is 32.2. The Labute approximate surface area is 170 Å². The van der Waals surface area contributed by atoms with Crippen LogP contribution in [0.15, 0.2) is 24.3 Å². The number of benzene rings is 1. The van der Waals surface area contributed by atoms with E-state index < -0.39 is 19.9 Å². The molecule has 1 fully saturated rings. The van der Waals surface area contributed by atoms with E-state index in [0.29, 0.717) is 34.7 Å². The quantitative estimate of drug-likeness (QED) is 0.753. The molecule has 0 radical (unpaired) electrons. The summed E-state index contributed by atoms with van der Waals surface area (Å²) in [7, 11) is -4.99. The van der Waals surface area contributed by atoms with Crippen LogP contribution in [0.5, 0.6) is 0 Å². The summed E-state index contributed by atoms with van der Waals surface area (Å²) >= 11 is 0. The molecule has 0 spiro atoms. The Morgan fingerprint density at radius 2 is 1.86 bits per heavy atom. The van der Waals surface area contributed by atoms with Gasteiger partial charge >= 0.3 is 0 Å². The molecule has 1 aromatic carbocycles. The molecule has 158 valence electrons. The zero-order chi connectivity index (χ0) is 21.6. The minimum atomic E-state index is -3.38. The number of carbonyl (C=O) groups is 1. The topological polar surface area (TPSA) is 118 Å². The lowest BCUT2D eigenvalue weighted by atomic mass is 10.2. The molecule has 1 N–H and O–H groups in total. The van der Waals surface area contributed by atoms with Crippen molar-refractivity contribution in [2.75, 3.05) is 34.4 Å².